The van der Waals surface area contributed by atoms with Gasteiger partial charge in [-0.3, -0.25) is 0 Å². The molecule has 0 bridgehead atoms. The number of hydrogen-bond acceptors (Lipinski definition) is 3. The SMILES string of the molecule is O=C(NCCc1ccccc1)OC1CCNCC1. The van der Waals surface area contributed by atoms with E-state index in [0.717, 1.165) is 32.4 Å². The van der Waals surface area contributed by atoms with Crippen molar-refractivity contribution in [3.8, 4) is 0 Å². The van der Waals surface area contributed by atoms with Gasteiger partial charge in [-0.2, -0.15) is 0 Å². The number of hydrogen-bond donors (Lipinski definition) is 2. The zero-order chi connectivity index (χ0) is 12.6. The first-order chi connectivity index (χ1) is 8.84. The summed E-state index contributed by atoms with van der Waals surface area (Å²) in [5.74, 6) is 0. The molecule has 2 N–H and O–H groups in total. The van der Waals surface area contributed by atoms with E-state index in [0.29, 0.717) is 6.54 Å². The molecule has 1 amide bonds. The Hall–Kier alpha value is -1.55. The standard InChI is InChI=1S/C14H20N2O2/c17-14(18-13-7-9-15-10-8-13)16-11-6-12-4-2-1-3-5-12/h1-5,13,15H,6-11H2,(H,16,17). The van der Waals surface area contributed by atoms with Gasteiger partial charge in [-0.05, 0) is 37.9 Å². The maximum atomic E-state index is 11.5. The quantitative estimate of drug-likeness (QED) is 0.853. The summed E-state index contributed by atoms with van der Waals surface area (Å²) < 4.78 is 5.34. The zero-order valence-corrected chi connectivity index (χ0v) is 10.5. The minimum absolute atomic E-state index is 0.0722. The molecule has 1 aromatic rings. The monoisotopic (exact) mass is 248 g/mol. The molecule has 0 spiro atoms. The summed E-state index contributed by atoms with van der Waals surface area (Å²) in [6.45, 7) is 2.48. The number of ether oxygens (including phenoxy) is 1. The lowest BCUT2D eigenvalue weighted by molar-refractivity contribution is 0.0796. The smallest absolute Gasteiger partial charge is 0.407 e. The van der Waals surface area contributed by atoms with Gasteiger partial charge in [0.25, 0.3) is 0 Å². The van der Waals surface area contributed by atoms with Gasteiger partial charge in [0.15, 0.2) is 0 Å². The number of rotatable bonds is 4. The molecular weight excluding hydrogens is 228 g/mol. The number of carbonyl (C=O) groups is 1. The van der Waals surface area contributed by atoms with Crippen molar-refractivity contribution in [2.45, 2.75) is 25.4 Å². The Labute approximate surface area is 108 Å². The molecule has 2 rings (SSSR count). The van der Waals surface area contributed by atoms with Crippen molar-refractivity contribution in [1.82, 2.24) is 10.6 Å². The summed E-state index contributed by atoms with van der Waals surface area (Å²) >= 11 is 0. The molecule has 1 saturated heterocycles. The lowest BCUT2D eigenvalue weighted by atomic mass is 10.1. The second kappa shape index (κ2) is 7.01. The second-order valence-corrected chi connectivity index (χ2v) is 4.52. The lowest BCUT2D eigenvalue weighted by Gasteiger charge is -2.22. The van der Waals surface area contributed by atoms with E-state index in [1.165, 1.54) is 5.56 Å². The molecule has 1 aromatic carbocycles. The zero-order valence-electron chi connectivity index (χ0n) is 10.5. The van der Waals surface area contributed by atoms with Crippen LogP contribution >= 0.6 is 0 Å². The molecule has 0 aromatic heterocycles. The van der Waals surface area contributed by atoms with Crippen LogP contribution in [0.3, 0.4) is 0 Å². The van der Waals surface area contributed by atoms with E-state index < -0.39 is 0 Å². The summed E-state index contributed by atoms with van der Waals surface area (Å²) in [5.41, 5.74) is 1.22. The third-order valence-electron chi connectivity index (χ3n) is 3.09. The summed E-state index contributed by atoms with van der Waals surface area (Å²) in [4.78, 5) is 11.5. The van der Waals surface area contributed by atoms with Crippen molar-refractivity contribution in [2.75, 3.05) is 19.6 Å². The van der Waals surface area contributed by atoms with Crippen molar-refractivity contribution in [2.24, 2.45) is 0 Å². The van der Waals surface area contributed by atoms with E-state index >= 15 is 0 Å². The fraction of sp³-hybridized carbons (Fsp3) is 0.500. The Morgan fingerprint density at radius 3 is 2.72 bits per heavy atom. The molecule has 98 valence electrons. The molecule has 1 aliphatic heterocycles. The molecule has 1 heterocycles. The Balaban J connectivity index is 1.62. The Morgan fingerprint density at radius 1 is 1.28 bits per heavy atom. The molecule has 4 nitrogen and oxygen atoms in total. The predicted octanol–water partition coefficient (Wildman–Crippen LogP) is 1.71. The van der Waals surface area contributed by atoms with Gasteiger partial charge >= 0.3 is 6.09 Å². The van der Waals surface area contributed by atoms with Crippen LogP contribution in [-0.4, -0.2) is 31.8 Å². The Morgan fingerprint density at radius 2 is 2.00 bits per heavy atom. The number of alkyl carbamates (subject to hydrolysis) is 1. The van der Waals surface area contributed by atoms with E-state index in [-0.39, 0.29) is 12.2 Å². The topological polar surface area (TPSA) is 50.4 Å². The first-order valence-electron chi connectivity index (χ1n) is 6.54. The van der Waals surface area contributed by atoms with Gasteiger partial charge in [0.1, 0.15) is 6.10 Å². The highest BCUT2D eigenvalue weighted by molar-refractivity contribution is 5.67. The fourth-order valence-electron chi connectivity index (χ4n) is 2.06. The number of nitrogens with one attached hydrogen (secondary N) is 2. The lowest BCUT2D eigenvalue weighted by Crippen LogP contribution is -2.37. The van der Waals surface area contributed by atoms with Crippen molar-refractivity contribution in [3.63, 3.8) is 0 Å². The third kappa shape index (κ3) is 4.37. The van der Waals surface area contributed by atoms with E-state index in [1.54, 1.807) is 0 Å². The van der Waals surface area contributed by atoms with Crippen LogP contribution in [-0.2, 0) is 11.2 Å². The summed E-state index contributed by atoms with van der Waals surface area (Å²) in [6, 6.07) is 10.1. The van der Waals surface area contributed by atoms with Crippen LogP contribution in [0.15, 0.2) is 30.3 Å². The van der Waals surface area contributed by atoms with Gasteiger partial charge in [-0.25, -0.2) is 4.79 Å². The highest BCUT2D eigenvalue weighted by Crippen LogP contribution is 2.07. The van der Waals surface area contributed by atoms with Gasteiger partial charge < -0.3 is 15.4 Å². The third-order valence-corrected chi connectivity index (χ3v) is 3.09. The van der Waals surface area contributed by atoms with Crippen LogP contribution < -0.4 is 10.6 Å². The normalized spacial score (nSPS) is 16.2. The van der Waals surface area contributed by atoms with Gasteiger partial charge in [0, 0.05) is 6.54 Å². The minimum atomic E-state index is -0.294. The number of amides is 1. The van der Waals surface area contributed by atoms with Gasteiger partial charge in [-0.15, -0.1) is 0 Å². The second-order valence-electron chi connectivity index (χ2n) is 4.52. The maximum absolute atomic E-state index is 11.5. The van der Waals surface area contributed by atoms with Crippen LogP contribution in [0.5, 0.6) is 0 Å². The molecule has 0 saturated carbocycles. The highest BCUT2D eigenvalue weighted by atomic mass is 16.6. The Bertz CT molecular complexity index is 361. The van der Waals surface area contributed by atoms with Crippen LogP contribution in [0.1, 0.15) is 18.4 Å². The number of piperidine rings is 1. The van der Waals surface area contributed by atoms with Crippen LogP contribution in [0.2, 0.25) is 0 Å². The molecule has 0 atom stereocenters. The van der Waals surface area contributed by atoms with Crippen LogP contribution in [0.4, 0.5) is 4.79 Å². The predicted molar refractivity (Wildman–Crippen MR) is 70.5 cm³/mol. The minimum Gasteiger partial charge on any atom is -0.446 e. The molecule has 4 heteroatoms. The maximum Gasteiger partial charge on any atom is 0.407 e. The first-order valence-corrected chi connectivity index (χ1v) is 6.54. The molecule has 0 unspecified atom stereocenters. The van der Waals surface area contributed by atoms with Crippen LogP contribution in [0, 0.1) is 0 Å². The van der Waals surface area contributed by atoms with Gasteiger partial charge in [0.05, 0.1) is 0 Å². The number of benzene rings is 1. The molecule has 18 heavy (non-hydrogen) atoms. The van der Waals surface area contributed by atoms with Crippen LogP contribution in [0.25, 0.3) is 0 Å². The van der Waals surface area contributed by atoms with Gasteiger partial charge in [-0.1, -0.05) is 30.3 Å². The molecular formula is C14H20N2O2. The fourth-order valence-corrected chi connectivity index (χ4v) is 2.06. The van der Waals surface area contributed by atoms with Crippen molar-refractivity contribution < 1.29 is 9.53 Å². The van der Waals surface area contributed by atoms with E-state index in [1.807, 2.05) is 18.2 Å². The van der Waals surface area contributed by atoms with Crippen molar-refractivity contribution >= 4 is 6.09 Å². The van der Waals surface area contributed by atoms with Crippen molar-refractivity contribution in [3.05, 3.63) is 35.9 Å². The molecule has 1 fully saturated rings. The van der Waals surface area contributed by atoms with E-state index in [4.69, 9.17) is 4.74 Å². The first kappa shape index (κ1) is 12.9. The molecule has 1 aliphatic rings. The van der Waals surface area contributed by atoms with E-state index in [9.17, 15) is 4.79 Å². The molecule has 0 radical (unpaired) electrons. The summed E-state index contributed by atoms with van der Waals surface area (Å²) in [5, 5.41) is 6.04. The Kier molecular flexibility index (Phi) is 5.02. The van der Waals surface area contributed by atoms with E-state index in [2.05, 4.69) is 22.8 Å². The largest absolute Gasteiger partial charge is 0.446 e. The number of carbonyl (C=O) groups excluding carboxylic acids is 1. The van der Waals surface area contributed by atoms with Crippen molar-refractivity contribution in [1.29, 1.82) is 0 Å². The summed E-state index contributed by atoms with van der Waals surface area (Å²) in [6.07, 6.45) is 2.43. The molecule has 0 aliphatic carbocycles. The average molecular weight is 248 g/mol. The highest BCUT2D eigenvalue weighted by Gasteiger charge is 2.16. The average Bonchev–Trinajstić information content (AvgIpc) is 2.41. The summed E-state index contributed by atoms with van der Waals surface area (Å²) in [7, 11) is 0. The van der Waals surface area contributed by atoms with Gasteiger partial charge in [0.2, 0.25) is 0 Å².